The van der Waals surface area contributed by atoms with Gasteiger partial charge < -0.3 is 4.74 Å². The molecule has 0 saturated carbocycles. The molecule has 0 saturated heterocycles. The molecule has 0 aliphatic rings. The van der Waals surface area contributed by atoms with Gasteiger partial charge in [0.15, 0.2) is 0 Å². The summed E-state index contributed by atoms with van der Waals surface area (Å²) in [7, 11) is 0. The van der Waals surface area contributed by atoms with Crippen LogP contribution in [0.3, 0.4) is 0 Å². The predicted molar refractivity (Wildman–Crippen MR) is 85.3 cm³/mol. The maximum Gasteiger partial charge on any atom is 0.411 e. The minimum absolute atomic E-state index is 0.218. The molecule has 2 aromatic rings. The molecule has 0 aliphatic heterocycles. The lowest BCUT2D eigenvalue weighted by Crippen LogP contribution is -2.16. The van der Waals surface area contributed by atoms with E-state index in [1.54, 1.807) is 18.2 Å². The smallest absolute Gasteiger partial charge is 0.411 e. The van der Waals surface area contributed by atoms with Gasteiger partial charge in [-0.05, 0) is 37.1 Å². The van der Waals surface area contributed by atoms with Crippen LogP contribution in [0.5, 0.6) is 0 Å². The lowest BCUT2D eigenvalue weighted by Gasteiger charge is -2.16. The highest BCUT2D eigenvalue weighted by Gasteiger charge is 2.20. The van der Waals surface area contributed by atoms with E-state index < -0.39 is 11.5 Å². The van der Waals surface area contributed by atoms with E-state index in [4.69, 9.17) is 10.00 Å². The Labute approximate surface area is 130 Å². The number of hydrogen-bond donors (Lipinski definition) is 1. The average molecular weight is 294 g/mol. The summed E-state index contributed by atoms with van der Waals surface area (Å²) in [4.78, 5) is 11.8. The number of rotatable bonds is 4. The molecule has 0 heterocycles. The highest BCUT2D eigenvalue weighted by molar-refractivity contribution is 5.84. The fourth-order valence-corrected chi connectivity index (χ4v) is 1.93. The van der Waals surface area contributed by atoms with Crippen molar-refractivity contribution < 1.29 is 9.53 Å². The normalized spacial score (nSPS) is 10.6. The third kappa shape index (κ3) is 4.10. The van der Waals surface area contributed by atoms with Gasteiger partial charge in [-0.3, -0.25) is 5.32 Å². The van der Waals surface area contributed by atoms with Gasteiger partial charge in [0.05, 0.1) is 11.5 Å². The monoisotopic (exact) mass is 294 g/mol. The Morgan fingerprint density at radius 3 is 2.59 bits per heavy atom. The molecule has 4 heteroatoms. The van der Waals surface area contributed by atoms with Crippen molar-refractivity contribution in [2.45, 2.75) is 25.9 Å². The molecule has 2 rings (SSSR count). The van der Waals surface area contributed by atoms with Gasteiger partial charge in [0, 0.05) is 5.69 Å². The molecular weight excluding hydrogens is 276 g/mol. The van der Waals surface area contributed by atoms with E-state index >= 15 is 0 Å². The molecule has 1 amide bonds. The first-order chi connectivity index (χ1) is 10.5. The van der Waals surface area contributed by atoms with E-state index in [-0.39, 0.29) is 6.61 Å². The molecule has 22 heavy (non-hydrogen) atoms. The molecule has 0 aliphatic carbocycles. The topological polar surface area (TPSA) is 62.1 Å². The lowest BCUT2D eigenvalue weighted by molar-refractivity contribution is 0.155. The number of carbonyl (C=O) groups is 1. The highest BCUT2D eigenvalue weighted by atomic mass is 16.5. The standard InChI is InChI=1S/C18H18N2O2/c1-18(2,13-19)15-9-6-10-16(11-15)20-17(21)22-12-14-7-4-3-5-8-14/h3-11H,12H2,1-2H3,(H,20,21). The van der Waals surface area contributed by atoms with Gasteiger partial charge in [-0.25, -0.2) is 4.79 Å². The maximum absolute atomic E-state index is 11.8. The lowest BCUT2D eigenvalue weighted by atomic mass is 9.86. The number of amides is 1. The van der Waals surface area contributed by atoms with Gasteiger partial charge in [0.2, 0.25) is 0 Å². The Morgan fingerprint density at radius 1 is 1.18 bits per heavy atom. The molecule has 2 aromatic carbocycles. The van der Waals surface area contributed by atoms with E-state index in [1.165, 1.54) is 0 Å². The first-order valence-electron chi connectivity index (χ1n) is 7.01. The van der Waals surface area contributed by atoms with Crippen molar-refractivity contribution >= 4 is 11.8 Å². The zero-order chi connectivity index (χ0) is 16.0. The van der Waals surface area contributed by atoms with Crippen molar-refractivity contribution in [3.05, 3.63) is 65.7 Å². The molecule has 0 bridgehead atoms. The minimum atomic E-state index is -0.606. The van der Waals surface area contributed by atoms with Crippen LogP contribution in [0, 0.1) is 11.3 Å². The van der Waals surface area contributed by atoms with Gasteiger partial charge in [-0.1, -0.05) is 42.5 Å². The Balaban J connectivity index is 1.97. The van der Waals surface area contributed by atoms with Crippen LogP contribution in [0.25, 0.3) is 0 Å². The molecule has 0 aromatic heterocycles. The van der Waals surface area contributed by atoms with Crippen LogP contribution >= 0.6 is 0 Å². The van der Waals surface area contributed by atoms with Crippen molar-refractivity contribution in [2.24, 2.45) is 0 Å². The van der Waals surface area contributed by atoms with E-state index in [9.17, 15) is 4.79 Å². The van der Waals surface area contributed by atoms with Gasteiger partial charge >= 0.3 is 6.09 Å². The van der Waals surface area contributed by atoms with Crippen molar-refractivity contribution in [2.75, 3.05) is 5.32 Å². The van der Waals surface area contributed by atoms with Crippen LogP contribution in [0.2, 0.25) is 0 Å². The molecule has 1 N–H and O–H groups in total. The molecule has 0 spiro atoms. The third-order valence-electron chi connectivity index (χ3n) is 3.32. The maximum atomic E-state index is 11.8. The molecule has 4 nitrogen and oxygen atoms in total. The molecule has 0 unspecified atom stereocenters. The highest BCUT2D eigenvalue weighted by Crippen LogP contribution is 2.24. The van der Waals surface area contributed by atoms with Crippen molar-refractivity contribution in [1.29, 1.82) is 5.26 Å². The molecule has 0 fully saturated rings. The Hall–Kier alpha value is -2.80. The molecule has 0 radical (unpaired) electrons. The number of nitriles is 1. The first kappa shape index (κ1) is 15.6. The van der Waals surface area contributed by atoms with E-state index in [0.29, 0.717) is 5.69 Å². The van der Waals surface area contributed by atoms with Crippen LogP contribution < -0.4 is 5.32 Å². The van der Waals surface area contributed by atoms with Crippen LogP contribution in [-0.4, -0.2) is 6.09 Å². The van der Waals surface area contributed by atoms with E-state index in [2.05, 4.69) is 11.4 Å². The molecule has 112 valence electrons. The average Bonchev–Trinajstić information content (AvgIpc) is 2.54. The zero-order valence-corrected chi connectivity index (χ0v) is 12.7. The zero-order valence-electron chi connectivity index (χ0n) is 12.7. The Kier molecular flexibility index (Phi) is 4.80. The van der Waals surface area contributed by atoms with E-state index in [1.807, 2.05) is 50.2 Å². The van der Waals surface area contributed by atoms with Crippen LogP contribution in [0.1, 0.15) is 25.0 Å². The fraction of sp³-hybridized carbons (Fsp3) is 0.222. The second-order valence-corrected chi connectivity index (χ2v) is 5.50. The van der Waals surface area contributed by atoms with Crippen LogP contribution in [0.4, 0.5) is 10.5 Å². The Morgan fingerprint density at radius 2 is 1.91 bits per heavy atom. The number of ether oxygens (including phenoxy) is 1. The Bertz CT molecular complexity index is 688. The summed E-state index contributed by atoms with van der Waals surface area (Å²) < 4.78 is 5.17. The van der Waals surface area contributed by atoms with Crippen LogP contribution in [-0.2, 0) is 16.8 Å². The minimum Gasteiger partial charge on any atom is -0.444 e. The van der Waals surface area contributed by atoms with Gasteiger partial charge in [-0.2, -0.15) is 5.26 Å². The number of hydrogen-bond acceptors (Lipinski definition) is 3. The molecule has 0 atom stereocenters. The summed E-state index contributed by atoms with van der Waals surface area (Å²) in [5.74, 6) is 0. The summed E-state index contributed by atoms with van der Waals surface area (Å²) in [5, 5.41) is 11.8. The van der Waals surface area contributed by atoms with E-state index in [0.717, 1.165) is 11.1 Å². The fourth-order valence-electron chi connectivity index (χ4n) is 1.93. The number of nitrogens with zero attached hydrogens (tertiary/aromatic N) is 1. The van der Waals surface area contributed by atoms with Crippen molar-refractivity contribution in [3.63, 3.8) is 0 Å². The van der Waals surface area contributed by atoms with Crippen molar-refractivity contribution in [3.8, 4) is 6.07 Å². The summed E-state index contributed by atoms with van der Waals surface area (Å²) in [6.07, 6.45) is -0.518. The first-order valence-corrected chi connectivity index (χ1v) is 7.01. The number of nitrogens with one attached hydrogen (secondary N) is 1. The van der Waals surface area contributed by atoms with Gasteiger partial charge in [0.1, 0.15) is 6.61 Å². The SMILES string of the molecule is CC(C)(C#N)c1cccc(NC(=O)OCc2ccccc2)c1. The van der Waals surface area contributed by atoms with Gasteiger partial charge in [0.25, 0.3) is 0 Å². The number of anilines is 1. The predicted octanol–water partition coefficient (Wildman–Crippen LogP) is 4.24. The third-order valence-corrected chi connectivity index (χ3v) is 3.32. The second-order valence-electron chi connectivity index (χ2n) is 5.50. The largest absolute Gasteiger partial charge is 0.444 e. The number of carbonyl (C=O) groups excluding carboxylic acids is 1. The summed E-state index contributed by atoms with van der Waals surface area (Å²) >= 11 is 0. The van der Waals surface area contributed by atoms with Gasteiger partial charge in [-0.15, -0.1) is 0 Å². The molecular formula is C18H18N2O2. The number of benzene rings is 2. The van der Waals surface area contributed by atoms with Crippen molar-refractivity contribution in [1.82, 2.24) is 0 Å². The summed E-state index contributed by atoms with van der Waals surface area (Å²) in [6, 6.07) is 18.9. The second kappa shape index (κ2) is 6.77. The van der Waals surface area contributed by atoms with Crippen LogP contribution in [0.15, 0.2) is 54.6 Å². The quantitative estimate of drug-likeness (QED) is 0.917. The summed E-state index contributed by atoms with van der Waals surface area (Å²) in [5.41, 5.74) is 1.78. The summed E-state index contributed by atoms with van der Waals surface area (Å²) in [6.45, 7) is 3.88.